The minimum absolute atomic E-state index is 0.138. The molecule has 0 saturated carbocycles. The quantitative estimate of drug-likeness (QED) is 0.827. The highest BCUT2D eigenvalue weighted by Crippen LogP contribution is 2.18. The minimum Gasteiger partial charge on any atom is -0.465 e. The monoisotopic (exact) mass is 346 g/mol. The molecule has 2 atom stereocenters. The van der Waals surface area contributed by atoms with Crippen molar-refractivity contribution in [2.45, 2.75) is 32.1 Å². The Bertz CT molecular complexity index is 673. The molecular formula is C18H22N2O5. The Morgan fingerprint density at radius 1 is 1.36 bits per heavy atom. The van der Waals surface area contributed by atoms with Crippen LogP contribution in [0.25, 0.3) is 0 Å². The number of ether oxygens (including phenoxy) is 3. The molecule has 1 saturated heterocycles. The van der Waals surface area contributed by atoms with Gasteiger partial charge in [-0.3, -0.25) is 9.78 Å². The van der Waals surface area contributed by atoms with Gasteiger partial charge in [0.25, 0.3) is 11.9 Å². The summed E-state index contributed by atoms with van der Waals surface area (Å²) in [6.07, 6.45) is 2.30. The first-order chi connectivity index (χ1) is 12.3. The zero-order valence-electron chi connectivity index (χ0n) is 14.1. The molecule has 0 aliphatic carbocycles. The molecule has 0 radical (unpaired) electrons. The van der Waals surface area contributed by atoms with Crippen molar-refractivity contribution in [3.63, 3.8) is 0 Å². The van der Waals surface area contributed by atoms with Crippen molar-refractivity contribution in [1.29, 1.82) is 0 Å². The van der Waals surface area contributed by atoms with Crippen molar-refractivity contribution in [3.8, 4) is 5.95 Å². The van der Waals surface area contributed by atoms with Gasteiger partial charge in [-0.2, -0.15) is 0 Å². The number of furan rings is 1. The summed E-state index contributed by atoms with van der Waals surface area (Å²) in [5.74, 6) is 0.223. The molecule has 1 aliphatic heterocycles. The zero-order chi connectivity index (χ0) is 17.5. The molecule has 0 spiro atoms. The summed E-state index contributed by atoms with van der Waals surface area (Å²) in [5.41, 5.74) is 0.853. The van der Waals surface area contributed by atoms with Crippen molar-refractivity contribution in [1.82, 2.24) is 10.3 Å². The van der Waals surface area contributed by atoms with E-state index < -0.39 is 0 Å². The van der Waals surface area contributed by atoms with Crippen LogP contribution in [0.15, 0.2) is 40.9 Å². The average molecular weight is 346 g/mol. The Labute approximate surface area is 146 Å². The van der Waals surface area contributed by atoms with E-state index in [2.05, 4.69) is 10.3 Å². The standard InChI is InChI=1S/C18H22N2O5/c1-2-23-17-7-6-16(25-17)18(21)20-14-12-22-10-8-15(14)24-11-13-5-3-4-9-19-13/h3-7,9,14-15H,2,8,10-12H2,1H3,(H,20,21)/t14-,15+/m1/s1. The average Bonchev–Trinajstić information content (AvgIpc) is 3.11. The predicted molar refractivity (Wildman–Crippen MR) is 89.4 cm³/mol. The van der Waals surface area contributed by atoms with Crippen LogP contribution in [-0.4, -0.2) is 42.9 Å². The molecule has 7 nitrogen and oxygen atoms in total. The van der Waals surface area contributed by atoms with Crippen LogP contribution < -0.4 is 10.1 Å². The number of pyridine rings is 1. The van der Waals surface area contributed by atoms with Gasteiger partial charge in [0, 0.05) is 18.9 Å². The fourth-order valence-corrected chi connectivity index (χ4v) is 2.63. The Balaban J connectivity index is 1.57. The van der Waals surface area contributed by atoms with E-state index in [0.717, 1.165) is 5.69 Å². The molecule has 0 bridgehead atoms. The van der Waals surface area contributed by atoms with Crippen molar-refractivity contribution < 1.29 is 23.4 Å². The van der Waals surface area contributed by atoms with Gasteiger partial charge in [0.05, 0.1) is 37.7 Å². The SMILES string of the molecule is CCOc1ccc(C(=O)N[C@@H]2COCC[C@@H]2OCc2ccccn2)o1. The fraction of sp³-hybridized carbons (Fsp3) is 0.444. The summed E-state index contributed by atoms with van der Waals surface area (Å²) in [6, 6.07) is 8.66. The third kappa shape index (κ3) is 4.80. The maximum absolute atomic E-state index is 12.4. The molecule has 7 heteroatoms. The second-order valence-electron chi connectivity index (χ2n) is 5.67. The van der Waals surface area contributed by atoms with Crippen LogP contribution in [0.1, 0.15) is 29.6 Å². The van der Waals surface area contributed by atoms with Gasteiger partial charge in [-0.1, -0.05) is 6.07 Å². The molecule has 1 fully saturated rings. The van der Waals surface area contributed by atoms with Gasteiger partial charge in [0.1, 0.15) is 0 Å². The molecule has 0 unspecified atom stereocenters. The van der Waals surface area contributed by atoms with E-state index in [1.807, 2.05) is 25.1 Å². The number of nitrogens with one attached hydrogen (secondary N) is 1. The van der Waals surface area contributed by atoms with E-state index in [4.69, 9.17) is 18.6 Å². The maximum Gasteiger partial charge on any atom is 0.287 e. The summed E-state index contributed by atoms with van der Waals surface area (Å²) in [5, 5.41) is 2.92. The lowest BCUT2D eigenvalue weighted by Crippen LogP contribution is -2.50. The molecule has 2 aromatic rings. The number of rotatable bonds is 7. The summed E-state index contributed by atoms with van der Waals surface area (Å²) in [7, 11) is 0. The molecule has 25 heavy (non-hydrogen) atoms. The lowest BCUT2D eigenvalue weighted by Gasteiger charge is -2.31. The van der Waals surface area contributed by atoms with Crippen LogP contribution in [0.3, 0.4) is 0 Å². The second kappa shape index (κ2) is 8.64. The van der Waals surface area contributed by atoms with Crippen LogP contribution in [-0.2, 0) is 16.1 Å². The van der Waals surface area contributed by atoms with Gasteiger partial charge in [-0.05, 0) is 31.5 Å². The second-order valence-corrected chi connectivity index (χ2v) is 5.67. The lowest BCUT2D eigenvalue weighted by atomic mass is 10.1. The normalized spacial score (nSPS) is 20.2. The van der Waals surface area contributed by atoms with Crippen LogP contribution in [0.5, 0.6) is 5.95 Å². The molecule has 2 aromatic heterocycles. The largest absolute Gasteiger partial charge is 0.465 e. The summed E-state index contributed by atoms with van der Waals surface area (Å²) in [4.78, 5) is 16.6. The summed E-state index contributed by atoms with van der Waals surface area (Å²) < 4.78 is 22.0. The number of amides is 1. The van der Waals surface area contributed by atoms with E-state index >= 15 is 0 Å². The van der Waals surface area contributed by atoms with Crippen molar-refractivity contribution in [3.05, 3.63) is 48.0 Å². The van der Waals surface area contributed by atoms with Gasteiger partial charge in [0.2, 0.25) is 0 Å². The predicted octanol–water partition coefficient (Wildman–Crippen LogP) is 2.18. The van der Waals surface area contributed by atoms with E-state index in [-0.39, 0.29) is 23.8 Å². The third-order valence-corrected chi connectivity index (χ3v) is 3.87. The maximum atomic E-state index is 12.4. The smallest absolute Gasteiger partial charge is 0.287 e. The lowest BCUT2D eigenvalue weighted by molar-refractivity contribution is -0.0614. The molecular weight excluding hydrogens is 324 g/mol. The van der Waals surface area contributed by atoms with E-state index in [0.29, 0.717) is 38.8 Å². The molecule has 0 aromatic carbocycles. The summed E-state index contributed by atoms with van der Waals surface area (Å²) in [6.45, 7) is 3.74. The first-order valence-corrected chi connectivity index (χ1v) is 8.39. The Kier molecular flexibility index (Phi) is 6.03. The molecule has 1 N–H and O–H groups in total. The van der Waals surface area contributed by atoms with E-state index in [1.165, 1.54) is 0 Å². The Morgan fingerprint density at radius 2 is 2.28 bits per heavy atom. The molecule has 1 aliphatic rings. The van der Waals surface area contributed by atoms with Gasteiger partial charge in [-0.15, -0.1) is 0 Å². The van der Waals surface area contributed by atoms with Crippen molar-refractivity contribution in [2.75, 3.05) is 19.8 Å². The third-order valence-electron chi connectivity index (χ3n) is 3.87. The highest BCUT2D eigenvalue weighted by molar-refractivity contribution is 5.91. The summed E-state index contributed by atoms with van der Waals surface area (Å²) >= 11 is 0. The number of nitrogens with zero attached hydrogens (tertiary/aromatic N) is 1. The van der Waals surface area contributed by atoms with Crippen LogP contribution in [0.4, 0.5) is 0 Å². The van der Waals surface area contributed by atoms with Crippen molar-refractivity contribution >= 4 is 5.91 Å². The van der Waals surface area contributed by atoms with Gasteiger partial charge >= 0.3 is 0 Å². The van der Waals surface area contributed by atoms with Crippen LogP contribution >= 0.6 is 0 Å². The molecule has 3 rings (SSSR count). The van der Waals surface area contributed by atoms with Crippen LogP contribution in [0.2, 0.25) is 0 Å². The zero-order valence-corrected chi connectivity index (χ0v) is 14.1. The van der Waals surface area contributed by atoms with E-state index in [9.17, 15) is 4.79 Å². The van der Waals surface area contributed by atoms with Crippen molar-refractivity contribution in [2.24, 2.45) is 0 Å². The highest BCUT2D eigenvalue weighted by Gasteiger charge is 2.29. The molecule has 134 valence electrons. The first kappa shape index (κ1) is 17.4. The highest BCUT2D eigenvalue weighted by atomic mass is 16.6. The van der Waals surface area contributed by atoms with E-state index in [1.54, 1.807) is 18.3 Å². The van der Waals surface area contributed by atoms with Gasteiger partial charge in [-0.25, -0.2) is 0 Å². The number of carbonyl (C=O) groups is 1. The van der Waals surface area contributed by atoms with Crippen LogP contribution in [0, 0.1) is 0 Å². The minimum atomic E-state index is -0.312. The van der Waals surface area contributed by atoms with Gasteiger partial charge < -0.3 is 23.9 Å². The Morgan fingerprint density at radius 3 is 3.08 bits per heavy atom. The number of carbonyl (C=O) groups excluding carboxylic acids is 1. The topological polar surface area (TPSA) is 82.8 Å². The number of aromatic nitrogens is 1. The van der Waals surface area contributed by atoms with Gasteiger partial charge in [0.15, 0.2) is 5.76 Å². The molecule has 3 heterocycles. The molecule has 1 amide bonds. The fourth-order valence-electron chi connectivity index (χ4n) is 2.63. The number of hydrogen-bond donors (Lipinski definition) is 1. The number of hydrogen-bond acceptors (Lipinski definition) is 6. The first-order valence-electron chi connectivity index (χ1n) is 8.39. The Hall–Kier alpha value is -2.38.